The Morgan fingerprint density at radius 2 is 1.93 bits per heavy atom. The number of H-pyrrole nitrogens is 1. The molecule has 2 heterocycles. The number of nitrogens with one attached hydrogen (secondary N) is 1. The summed E-state index contributed by atoms with van der Waals surface area (Å²) in [6.07, 6.45) is 2.93. The molecule has 4 aromatic rings. The van der Waals surface area contributed by atoms with E-state index < -0.39 is 0 Å². The van der Waals surface area contributed by atoms with Crippen molar-refractivity contribution in [2.24, 2.45) is 5.41 Å². The number of anilines is 1. The van der Waals surface area contributed by atoms with E-state index in [1.807, 2.05) is 48.5 Å². The van der Waals surface area contributed by atoms with Gasteiger partial charge in [0, 0.05) is 52.8 Å². The molecule has 0 spiro atoms. The molecule has 1 aliphatic heterocycles. The van der Waals surface area contributed by atoms with E-state index in [0.29, 0.717) is 31.9 Å². The minimum atomic E-state index is -0.0889. The predicted octanol–water partition coefficient (Wildman–Crippen LogP) is 5.62. The highest BCUT2D eigenvalue weighted by atomic mass is 79.9. The minimum absolute atomic E-state index is 0.0889. The van der Waals surface area contributed by atoms with Crippen LogP contribution in [0.25, 0.3) is 22.2 Å². The van der Waals surface area contributed by atoms with Gasteiger partial charge in [-0.15, -0.1) is 0 Å². The molecule has 0 saturated heterocycles. The van der Waals surface area contributed by atoms with Gasteiger partial charge in [0.2, 0.25) is 0 Å². The average molecular weight is 620 g/mol. The molecule has 3 aromatic carbocycles. The highest BCUT2D eigenvalue weighted by molar-refractivity contribution is 9.10. The van der Waals surface area contributed by atoms with Crippen LogP contribution < -0.4 is 19.9 Å². The van der Waals surface area contributed by atoms with Gasteiger partial charge in [-0.25, -0.2) is 4.98 Å². The van der Waals surface area contributed by atoms with Gasteiger partial charge in [0.1, 0.15) is 17.3 Å². The van der Waals surface area contributed by atoms with Crippen LogP contribution in [0, 0.1) is 5.41 Å². The standard InChI is InChI=1S/C32H35BrN4O4/c1-36(2)18-32(12-13-32)19-40-28-10-5-4-8-24(28)30-34-26-17-37(14-11-23(26)31(38)35-30)27-16-22(41-20-39-3)15-21-7-6-9-25(33)29(21)27/h4-10,15-16H,11-14,17-20H2,1-3H3,(H,34,35,38). The van der Waals surface area contributed by atoms with Crippen LogP contribution in [-0.2, 0) is 17.7 Å². The molecule has 6 rings (SSSR count). The maximum absolute atomic E-state index is 13.3. The van der Waals surface area contributed by atoms with Gasteiger partial charge in [-0.3, -0.25) is 4.79 Å². The summed E-state index contributed by atoms with van der Waals surface area (Å²) in [6, 6.07) is 18.0. The molecule has 1 saturated carbocycles. The molecule has 1 aliphatic carbocycles. The Labute approximate surface area is 248 Å². The molecule has 8 nitrogen and oxygen atoms in total. The Bertz CT molecular complexity index is 1630. The molecule has 0 unspecified atom stereocenters. The monoisotopic (exact) mass is 618 g/mol. The first kappa shape index (κ1) is 27.8. The van der Waals surface area contributed by atoms with E-state index in [1.54, 1.807) is 7.11 Å². The summed E-state index contributed by atoms with van der Waals surface area (Å²) in [5, 5.41) is 2.15. The maximum atomic E-state index is 13.3. The molecule has 2 aliphatic rings. The molecule has 0 atom stereocenters. The molecule has 1 fully saturated rings. The van der Waals surface area contributed by atoms with Gasteiger partial charge in [0.15, 0.2) is 6.79 Å². The number of hydrogen-bond acceptors (Lipinski definition) is 7. The van der Waals surface area contributed by atoms with Crippen molar-refractivity contribution in [3.05, 3.63) is 80.7 Å². The Hall–Kier alpha value is -3.40. The largest absolute Gasteiger partial charge is 0.492 e. The van der Waals surface area contributed by atoms with Crippen molar-refractivity contribution in [1.82, 2.24) is 14.9 Å². The van der Waals surface area contributed by atoms with Gasteiger partial charge in [-0.1, -0.05) is 40.2 Å². The van der Waals surface area contributed by atoms with Crippen molar-refractivity contribution in [3.8, 4) is 22.9 Å². The van der Waals surface area contributed by atoms with Crippen LogP contribution in [0.15, 0.2) is 63.9 Å². The quantitative estimate of drug-likeness (QED) is 0.231. The Morgan fingerprint density at radius 3 is 2.71 bits per heavy atom. The van der Waals surface area contributed by atoms with E-state index in [4.69, 9.17) is 19.2 Å². The normalized spacial score (nSPS) is 15.7. The second kappa shape index (κ2) is 11.5. The van der Waals surface area contributed by atoms with Gasteiger partial charge in [-0.05, 0) is 63.0 Å². The van der Waals surface area contributed by atoms with E-state index >= 15 is 0 Å². The lowest BCUT2D eigenvalue weighted by molar-refractivity contribution is 0.0512. The molecule has 9 heteroatoms. The van der Waals surface area contributed by atoms with E-state index in [-0.39, 0.29) is 17.8 Å². The SMILES string of the molecule is COCOc1cc(N2CCc3c(nc(-c4ccccc4OCC4(CN(C)C)CC4)[nH]c3=O)C2)c2c(Br)cccc2c1. The van der Waals surface area contributed by atoms with Crippen LogP contribution in [0.4, 0.5) is 5.69 Å². The summed E-state index contributed by atoms with van der Waals surface area (Å²) in [4.78, 5) is 25.9. The predicted molar refractivity (Wildman–Crippen MR) is 165 cm³/mol. The number of fused-ring (bicyclic) bond motifs is 2. The Morgan fingerprint density at radius 1 is 1.10 bits per heavy atom. The Balaban J connectivity index is 1.32. The molecular formula is C32H35BrN4O4. The summed E-state index contributed by atoms with van der Waals surface area (Å²) in [5.41, 5.74) is 3.45. The first-order chi connectivity index (χ1) is 19.9. The first-order valence-electron chi connectivity index (χ1n) is 13.9. The van der Waals surface area contributed by atoms with Crippen LogP contribution in [0.2, 0.25) is 0 Å². The van der Waals surface area contributed by atoms with Gasteiger partial charge < -0.3 is 29.0 Å². The highest BCUT2D eigenvalue weighted by Gasteiger charge is 2.44. The topological polar surface area (TPSA) is 79.9 Å². The van der Waals surface area contributed by atoms with Crippen LogP contribution in [0.3, 0.4) is 0 Å². The number of methoxy groups -OCH3 is 1. The first-order valence-corrected chi connectivity index (χ1v) is 14.7. The van der Waals surface area contributed by atoms with Gasteiger partial charge >= 0.3 is 0 Å². The lowest BCUT2D eigenvalue weighted by Gasteiger charge is -2.31. The number of aromatic amines is 1. The summed E-state index contributed by atoms with van der Waals surface area (Å²) in [7, 11) is 5.81. The van der Waals surface area contributed by atoms with E-state index in [1.165, 1.54) is 12.8 Å². The Kier molecular flexibility index (Phi) is 7.76. The van der Waals surface area contributed by atoms with Crippen LogP contribution in [0.5, 0.6) is 11.5 Å². The fourth-order valence-corrected chi connectivity index (χ4v) is 6.37. The number of rotatable bonds is 10. The second-order valence-electron chi connectivity index (χ2n) is 11.4. The molecular weight excluding hydrogens is 584 g/mol. The molecule has 1 N–H and O–H groups in total. The second-order valence-corrected chi connectivity index (χ2v) is 12.2. The zero-order valence-electron chi connectivity index (χ0n) is 23.7. The molecule has 214 valence electrons. The minimum Gasteiger partial charge on any atom is -0.492 e. The van der Waals surface area contributed by atoms with Crippen molar-refractivity contribution >= 4 is 32.4 Å². The molecule has 1 aromatic heterocycles. The fraction of sp³-hybridized carbons (Fsp3) is 0.375. The van der Waals surface area contributed by atoms with Crippen molar-refractivity contribution in [3.63, 3.8) is 0 Å². The summed E-state index contributed by atoms with van der Waals surface area (Å²) < 4.78 is 18.4. The fourth-order valence-electron chi connectivity index (χ4n) is 5.78. The third-order valence-electron chi connectivity index (χ3n) is 7.92. The number of halogens is 1. The summed E-state index contributed by atoms with van der Waals surface area (Å²) >= 11 is 3.75. The lowest BCUT2D eigenvalue weighted by Crippen LogP contribution is -2.35. The summed E-state index contributed by atoms with van der Waals surface area (Å²) in [6.45, 7) is 3.01. The zero-order chi connectivity index (χ0) is 28.6. The van der Waals surface area contributed by atoms with E-state index in [0.717, 1.165) is 55.8 Å². The molecule has 0 amide bonds. The van der Waals surface area contributed by atoms with Crippen molar-refractivity contribution < 1.29 is 14.2 Å². The van der Waals surface area contributed by atoms with Crippen LogP contribution in [0.1, 0.15) is 24.1 Å². The third kappa shape index (κ3) is 5.84. The summed E-state index contributed by atoms with van der Waals surface area (Å²) in [5.74, 6) is 2.00. The van der Waals surface area contributed by atoms with E-state index in [2.05, 4.69) is 50.9 Å². The average Bonchev–Trinajstić information content (AvgIpc) is 3.73. The molecule has 0 bridgehead atoms. The third-order valence-corrected chi connectivity index (χ3v) is 8.58. The van der Waals surface area contributed by atoms with Gasteiger partial charge in [0.05, 0.1) is 24.4 Å². The number of hydrogen-bond donors (Lipinski definition) is 1. The maximum Gasteiger partial charge on any atom is 0.254 e. The number of nitrogens with zero attached hydrogens (tertiary/aromatic N) is 3. The highest BCUT2D eigenvalue weighted by Crippen LogP contribution is 2.46. The van der Waals surface area contributed by atoms with Crippen molar-refractivity contribution in [1.29, 1.82) is 0 Å². The smallest absolute Gasteiger partial charge is 0.254 e. The molecule has 0 radical (unpaired) electrons. The number of benzene rings is 3. The van der Waals surface area contributed by atoms with Gasteiger partial charge in [0.25, 0.3) is 5.56 Å². The number of para-hydroxylation sites is 1. The van der Waals surface area contributed by atoms with Crippen molar-refractivity contribution in [2.45, 2.75) is 25.8 Å². The van der Waals surface area contributed by atoms with Gasteiger partial charge in [-0.2, -0.15) is 0 Å². The van der Waals surface area contributed by atoms with Crippen LogP contribution >= 0.6 is 15.9 Å². The zero-order valence-corrected chi connectivity index (χ0v) is 25.3. The lowest BCUT2D eigenvalue weighted by atomic mass is 10.0. The van der Waals surface area contributed by atoms with Crippen LogP contribution in [-0.4, -0.2) is 62.6 Å². The molecule has 41 heavy (non-hydrogen) atoms. The van der Waals surface area contributed by atoms with Crippen molar-refractivity contribution in [2.75, 3.05) is 52.6 Å². The number of aromatic nitrogens is 2. The number of ether oxygens (including phenoxy) is 3. The van der Waals surface area contributed by atoms with E-state index in [9.17, 15) is 4.79 Å².